The molecule has 0 aliphatic heterocycles. The van der Waals surface area contributed by atoms with E-state index in [2.05, 4.69) is 34.1 Å². The highest BCUT2D eigenvalue weighted by Gasteiger charge is 2.12. The monoisotopic (exact) mass is 408 g/mol. The van der Waals surface area contributed by atoms with Crippen LogP contribution in [0.1, 0.15) is 41.0 Å². The average molecular weight is 409 g/mol. The van der Waals surface area contributed by atoms with Crippen LogP contribution in [0.5, 0.6) is 0 Å². The number of aromatic amines is 1. The van der Waals surface area contributed by atoms with Crippen LogP contribution >= 0.6 is 34.4 Å². The Morgan fingerprint density at radius 2 is 2.08 bits per heavy atom. The van der Waals surface area contributed by atoms with Crippen molar-refractivity contribution in [3.63, 3.8) is 0 Å². The molecule has 0 unspecified atom stereocenters. The Balaban J connectivity index is 1.60. The van der Waals surface area contributed by atoms with Crippen LogP contribution in [0.3, 0.4) is 0 Å². The van der Waals surface area contributed by atoms with Crippen molar-refractivity contribution in [2.75, 3.05) is 11.1 Å². The number of fused-ring (bicyclic) bond motifs is 1. The van der Waals surface area contributed by atoms with Gasteiger partial charge in [0.15, 0.2) is 5.13 Å². The predicted molar refractivity (Wildman–Crippen MR) is 111 cm³/mol. The fourth-order valence-corrected chi connectivity index (χ4v) is 4.84. The van der Waals surface area contributed by atoms with Crippen LogP contribution in [0, 0.1) is 13.8 Å². The summed E-state index contributed by atoms with van der Waals surface area (Å²) in [7, 11) is 0. The number of amides is 1. The Labute approximate surface area is 163 Å². The first-order valence-electron chi connectivity index (χ1n) is 8.17. The summed E-state index contributed by atoms with van der Waals surface area (Å²) in [6.45, 7) is 8.09. The summed E-state index contributed by atoms with van der Waals surface area (Å²) in [6, 6.07) is 1.92. The number of nitrogens with zero attached hydrogens (tertiary/aromatic N) is 2. The number of thioether (sulfide) groups is 1. The van der Waals surface area contributed by atoms with Gasteiger partial charge in [0.1, 0.15) is 10.7 Å². The molecule has 3 rings (SSSR count). The maximum absolute atomic E-state index is 12.2. The summed E-state index contributed by atoms with van der Waals surface area (Å²) in [5.74, 6) is 1.61. The van der Waals surface area contributed by atoms with Crippen LogP contribution in [0.15, 0.2) is 10.9 Å². The summed E-state index contributed by atoms with van der Waals surface area (Å²) < 4.78 is 0. The van der Waals surface area contributed by atoms with Gasteiger partial charge in [0, 0.05) is 9.75 Å². The molecular weight excluding hydrogens is 388 g/mol. The highest BCUT2D eigenvalue weighted by molar-refractivity contribution is 7.99. The number of carbonyl (C=O) groups excluding carboxylic acids is 1. The van der Waals surface area contributed by atoms with E-state index in [0.29, 0.717) is 28.0 Å². The van der Waals surface area contributed by atoms with Gasteiger partial charge in [0.2, 0.25) is 5.91 Å². The van der Waals surface area contributed by atoms with Gasteiger partial charge in [-0.05, 0) is 25.8 Å². The summed E-state index contributed by atoms with van der Waals surface area (Å²) >= 11 is 4.43. The molecule has 0 saturated carbocycles. The molecule has 0 aliphatic carbocycles. The van der Waals surface area contributed by atoms with Gasteiger partial charge in [-0.15, -0.1) is 34.4 Å². The number of aromatic nitrogens is 3. The maximum atomic E-state index is 12.2. The molecule has 26 heavy (non-hydrogen) atoms. The van der Waals surface area contributed by atoms with Gasteiger partial charge in [-0.2, -0.15) is 0 Å². The van der Waals surface area contributed by atoms with E-state index in [1.54, 1.807) is 11.3 Å². The Kier molecular flexibility index (Phi) is 5.79. The lowest BCUT2D eigenvalue weighted by Crippen LogP contribution is -2.15. The Bertz CT molecular complexity index is 984. The summed E-state index contributed by atoms with van der Waals surface area (Å²) in [6.07, 6.45) is 0. The number of hydrogen-bond acceptors (Lipinski definition) is 7. The Morgan fingerprint density at radius 1 is 1.31 bits per heavy atom. The van der Waals surface area contributed by atoms with E-state index in [1.165, 1.54) is 23.1 Å². The molecule has 9 heteroatoms. The second kappa shape index (κ2) is 7.89. The molecule has 6 nitrogen and oxygen atoms in total. The molecule has 3 heterocycles. The van der Waals surface area contributed by atoms with E-state index in [9.17, 15) is 9.59 Å². The molecule has 0 bridgehead atoms. The average Bonchev–Trinajstić information content (AvgIpc) is 3.11. The van der Waals surface area contributed by atoms with E-state index in [0.717, 1.165) is 20.3 Å². The van der Waals surface area contributed by atoms with Gasteiger partial charge in [-0.3, -0.25) is 9.59 Å². The van der Waals surface area contributed by atoms with Crippen molar-refractivity contribution in [2.45, 2.75) is 39.4 Å². The van der Waals surface area contributed by atoms with Crippen LogP contribution in [0.25, 0.3) is 10.2 Å². The highest BCUT2D eigenvalue weighted by atomic mass is 32.2. The number of H-pyrrole nitrogens is 1. The first kappa shape index (κ1) is 19.1. The minimum Gasteiger partial charge on any atom is -0.309 e. The lowest BCUT2D eigenvalue weighted by Gasteiger charge is -2.02. The zero-order chi connectivity index (χ0) is 18.8. The van der Waals surface area contributed by atoms with Crippen molar-refractivity contribution < 1.29 is 4.79 Å². The molecule has 1 amide bonds. The van der Waals surface area contributed by atoms with Gasteiger partial charge in [-0.1, -0.05) is 13.8 Å². The van der Waals surface area contributed by atoms with E-state index in [-0.39, 0.29) is 17.2 Å². The molecule has 2 N–H and O–H groups in total. The van der Waals surface area contributed by atoms with E-state index < -0.39 is 0 Å². The fourth-order valence-electron chi connectivity index (χ4n) is 2.27. The van der Waals surface area contributed by atoms with Crippen molar-refractivity contribution in [1.82, 2.24) is 15.0 Å². The number of anilines is 1. The van der Waals surface area contributed by atoms with E-state index in [1.807, 2.05) is 19.9 Å². The summed E-state index contributed by atoms with van der Waals surface area (Å²) in [5, 5.41) is 4.07. The van der Waals surface area contributed by atoms with Crippen molar-refractivity contribution >= 4 is 55.7 Å². The van der Waals surface area contributed by atoms with E-state index >= 15 is 0 Å². The lowest BCUT2D eigenvalue weighted by atomic mass is 10.2. The lowest BCUT2D eigenvalue weighted by molar-refractivity contribution is -0.113. The molecule has 0 radical (unpaired) electrons. The smallest absolute Gasteiger partial charge is 0.259 e. The number of thiazole rings is 1. The number of aryl methyl sites for hydroxylation is 2. The largest absolute Gasteiger partial charge is 0.309 e. The van der Waals surface area contributed by atoms with Gasteiger partial charge in [0.05, 0.1) is 22.6 Å². The molecule has 3 aromatic heterocycles. The molecule has 0 fully saturated rings. The zero-order valence-electron chi connectivity index (χ0n) is 15.0. The third kappa shape index (κ3) is 4.33. The zero-order valence-corrected chi connectivity index (χ0v) is 17.5. The van der Waals surface area contributed by atoms with Crippen molar-refractivity contribution in [3.05, 3.63) is 37.7 Å². The van der Waals surface area contributed by atoms with Crippen LogP contribution in [-0.2, 0) is 10.5 Å². The van der Waals surface area contributed by atoms with Crippen molar-refractivity contribution in [3.8, 4) is 0 Å². The molecule has 3 aromatic rings. The first-order chi connectivity index (χ1) is 12.3. The topological polar surface area (TPSA) is 87.7 Å². The number of nitrogens with one attached hydrogen (secondary N) is 2. The summed E-state index contributed by atoms with van der Waals surface area (Å²) in [4.78, 5) is 38.9. The van der Waals surface area contributed by atoms with Gasteiger partial charge in [-0.25, -0.2) is 9.97 Å². The third-order valence-electron chi connectivity index (χ3n) is 3.79. The van der Waals surface area contributed by atoms with Crippen LogP contribution in [0.4, 0.5) is 5.13 Å². The minimum absolute atomic E-state index is 0.106. The normalized spacial score (nSPS) is 11.4. The third-order valence-corrected chi connectivity index (χ3v) is 7.05. The number of rotatable bonds is 6. The second-order valence-corrected chi connectivity index (χ2v) is 9.49. The quantitative estimate of drug-likeness (QED) is 0.642. The number of thiophene rings is 1. The number of hydrogen-bond donors (Lipinski definition) is 2. The standard InChI is InChI=1S/C17H20N4O2S3/c1-8(2)12-5-11-15(23)19-13(20-16(11)26-12)6-24-7-14(22)21-17-18-9(3)10(4)25-17/h5,8H,6-7H2,1-4H3,(H,18,21,22)(H,19,20,23). The molecule has 0 aliphatic rings. The molecule has 138 valence electrons. The van der Waals surface area contributed by atoms with Crippen LogP contribution in [0.2, 0.25) is 0 Å². The van der Waals surface area contributed by atoms with Crippen molar-refractivity contribution in [2.24, 2.45) is 0 Å². The van der Waals surface area contributed by atoms with Gasteiger partial charge >= 0.3 is 0 Å². The van der Waals surface area contributed by atoms with Crippen LogP contribution in [-0.4, -0.2) is 26.6 Å². The van der Waals surface area contributed by atoms with E-state index in [4.69, 9.17) is 0 Å². The SMILES string of the molecule is Cc1nc(NC(=O)CSCc2nc3sc(C(C)C)cc3c(=O)[nH]2)sc1C. The first-order valence-corrected chi connectivity index (χ1v) is 11.0. The Morgan fingerprint density at radius 3 is 2.73 bits per heavy atom. The molecule has 0 atom stereocenters. The molecule has 0 aromatic carbocycles. The minimum atomic E-state index is -0.119. The molecular formula is C17H20N4O2S3. The maximum Gasteiger partial charge on any atom is 0.259 e. The summed E-state index contributed by atoms with van der Waals surface area (Å²) in [5.41, 5.74) is 0.816. The van der Waals surface area contributed by atoms with Crippen molar-refractivity contribution in [1.29, 1.82) is 0 Å². The highest BCUT2D eigenvalue weighted by Crippen LogP contribution is 2.27. The molecule has 0 saturated heterocycles. The Hall–Kier alpha value is -1.71. The predicted octanol–water partition coefficient (Wildman–Crippen LogP) is 4.05. The number of carbonyl (C=O) groups is 1. The molecule has 0 spiro atoms. The van der Waals surface area contributed by atoms with Crippen LogP contribution < -0.4 is 10.9 Å². The fraction of sp³-hybridized carbons (Fsp3) is 0.412. The van der Waals surface area contributed by atoms with Gasteiger partial charge in [0.25, 0.3) is 5.56 Å². The van der Waals surface area contributed by atoms with Gasteiger partial charge < -0.3 is 10.3 Å². The second-order valence-electron chi connectivity index (χ2n) is 6.24.